The lowest BCUT2D eigenvalue weighted by molar-refractivity contribution is 0.0695. The lowest BCUT2D eigenvalue weighted by Gasteiger charge is -2.37. The predicted molar refractivity (Wildman–Crippen MR) is 152 cm³/mol. The van der Waals surface area contributed by atoms with Gasteiger partial charge in [-0.1, -0.05) is 17.3 Å². The average Bonchev–Trinajstić information content (AvgIpc) is 3.26. The molecule has 1 aliphatic rings. The summed E-state index contributed by atoms with van der Waals surface area (Å²) in [6.07, 6.45) is 1.66. The van der Waals surface area contributed by atoms with Crippen LogP contribution in [0.4, 0.5) is 4.79 Å². The Morgan fingerprint density at radius 3 is 2.75 bits per heavy atom. The van der Waals surface area contributed by atoms with E-state index in [1.807, 2.05) is 49.9 Å². The summed E-state index contributed by atoms with van der Waals surface area (Å²) in [6.45, 7) is 11.4. The Morgan fingerprint density at radius 2 is 2.08 bits per heavy atom. The van der Waals surface area contributed by atoms with E-state index >= 15 is 0 Å². The van der Waals surface area contributed by atoms with Gasteiger partial charge in [0.15, 0.2) is 5.82 Å². The zero-order chi connectivity index (χ0) is 28.8. The van der Waals surface area contributed by atoms with E-state index in [0.29, 0.717) is 42.9 Å². The van der Waals surface area contributed by atoms with Gasteiger partial charge in [-0.25, -0.2) is 14.8 Å². The topological polar surface area (TPSA) is 123 Å². The zero-order valence-corrected chi connectivity index (χ0v) is 24.4. The van der Waals surface area contributed by atoms with Gasteiger partial charge in [0.2, 0.25) is 0 Å². The molecule has 0 saturated carbocycles. The first-order chi connectivity index (χ1) is 19.2. The number of nitrogens with one attached hydrogen (secondary N) is 1. The SMILES string of the molecule is CCOC(=O)N1CCC(Cc2nc(-c3cccc(OCC(O)CNC)c3)nc(-c3c(C)noc3C)c2C)CC1C. The summed E-state index contributed by atoms with van der Waals surface area (Å²) in [6, 6.07) is 7.72. The van der Waals surface area contributed by atoms with Crippen LogP contribution in [0, 0.1) is 26.7 Å². The van der Waals surface area contributed by atoms with E-state index in [-0.39, 0.29) is 18.7 Å². The van der Waals surface area contributed by atoms with E-state index < -0.39 is 6.10 Å². The van der Waals surface area contributed by atoms with E-state index in [1.54, 1.807) is 7.05 Å². The number of likely N-dealkylation sites (N-methyl/N-ethyl adjacent to an activating group) is 1. The molecule has 1 saturated heterocycles. The Labute approximate surface area is 236 Å². The second-order valence-corrected chi connectivity index (χ2v) is 10.6. The van der Waals surface area contributed by atoms with Gasteiger partial charge in [-0.05, 0) is 84.5 Å². The molecule has 0 radical (unpaired) electrons. The largest absolute Gasteiger partial charge is 0.491 e. The fourth-order valence-electron chi connectivity index (χ4n) is 5.37. The minimum absolute atomic E-state index is 0.0912. The molecular formula is C30H41N5O5. The first kappa shape index (κ1) is 29.5. The number of aliphatic hydroxyl groups excluding tert-OH is 1. The number of aryl methyl sites for hydroxylation is 2. The van der Waals surface area contributed by atoms with E-state index in [0.717, 1.165) is 53.0 Å². The number of nitrogens with zero attached hydrogens (tertiary/aromatic N) is 4. The molecule has 40 heavy (non-hydrogen) atoms. The van der Waals surface area contributed by atoms with Crippen LogP contribution in [-0.4, -0.2) is 76.7 Å². The highest BCUT2D eigenvalue weighted by Gasteiger charge is 2.31. The number of carbonyl (C=O) groups excluding carboxylic acids is 1. The van der Waals surface area contributed by atoms with Crippen LogP contribution in [0.2, 0.25) is 0 Å². The van der Waals surface area contributed by atoms with Crippen LogP contribution in [0.15, 0.2) is 28.8 Å². The standard InChI is InChI=1S/C30H41N5O5/c1-7-38-30(37)35-12-11-22(13-18(35)2)14-26-19(3)28(27-20(4)34-40-21(27)5)33-29(32-26)23-9-8-10-25(15-23)39-17-24(36)16-31-6/h8-10,15,18,22,24,31,36H,7,11-14,16-17H2,1-6H3. The third-order valence-electron chi connectivity index (χ3n) is 7.46. The van der Waals surface area contributed by atoms with Gasteiger partial charge in [0.25, 0.3) is 0 Å². The van der Waals surface area contributed by atoms with Crippen molar-refractivity contribution >= 4 is 6.09 Å². The molecule has 2 N–H and O–H groups in total. The van der Waals surface area contributed by atoms with Crippen molar-refractivity contribution in [1.29, 1.82) is 0 Å². The maximum absolute atomic E-state index is 12.4. The molecule has 0 aliphatic carbocycles. The normalized spacial score (nSPS) is 18.0. The third-order valence-corrected chi connectivity index (χ3v) is 7.46. The molecule has 1 fully saturated rings. The highest BCUT2D eigenvalue weighted by atomic mass is 16.6. The number of likely N-dealkylation sites (tertiary alicyclic amines) is 1. The summed E-state index contributed by atoms with van der Waals surface area (Å²) in [7, 11) is 1.79. The van der Waals surface area contributed by atoms with Crippen LogP contribution in [0.3, 0.4) is 0 Å². The van der Waals surface area contributed by atoms with E-state index in [4.69, 9.17) is 24.0 Å². The summed E-state index contributed by atoms with van der Waals surface area (Å²) in [5.74, 6) is 2.30. The average molecular weight is 552 g/mol. The van der Waals surface area contributed by atoms with Gasteiger partial charge in [-0.3, -0.25) is 0 Å². The Hall–Kier alpha value is -3.50. The van der Waals surface area contributed by atoms with Gasteiger partial charge in [0.05, 0.1) is 23.6 Å². The monoisotopic (exact) mass is 551 g/mol. The number of aromatic nitrogens is 3. The van der Waals surface area contributed by atoms with Gasteiger partial charge in [0.1, 0.15) is 24.2 Å². The van der Waals surface area contributed by atoms with Gasteiger partial charge >= 0.3 is 6.09 Å². The highest BCUT2D eigenvalue weighted by molar-refractivity contribution is 5.71. The second kappa shape index (κ2) is 13.2. The highest BCUT2D eigenvalue weighted by Crippen LogP contribution is 2.34. The van der Waals surface area contributed by atoms with Crippen LogP contribution in [0.25, 0.3) is 22.6 Å². The molecule has 10 heteroatoms. The number of benzene rings is 1. The predicted octanol–water partition coefficient (Wildman–Crippen LogP) is 4.48. The summed E-state index contributed by atoms with van der Waals surface area (Å²) in [4.78, 5) is 24.2. The van der Waals surface area contributed by atoms with E-state index in [2.05, 4.69) is 24.3 Å². The Morgan fingerprint density at radius 1 is 1.27 bits per heavy atom. The molecule has 1 aliphatic heterocycles. The minimum atomic E-state index is -0.611. The van der Waals surface area contributed by atoms with Crippen LogP contribution < -0.4 is 10.1 Å². The van der Waals surface area contributed by atoms with Crippen molar-refractivity contribution in [2.45, 2.75) is 66.0 Å². The van der Waals surface area contributed by atoms with Crippen molar-refractivity contribution in [1.82, 2.24) is 25.3 Å². The fraction of sp³-hybridized carbons (Fsp3) is 0.533. The smallest absolute Gasteiger partial charge is 0.409 e. The minimum Gasteiger partial charge on any atom is -0.491 e. The first-order valence-corrected chi connectivity index (χ1v) is 14.0. The van der Waals surface area contributed by atoms with Crippen molar-refractivity contribution in [2.75, 3.05) is 33.4 Å². The lowest BCUT2D eigenvalue weighted by Crippen LogP contribution is -2.45. The van der Waals surface area contributed by atoms with Crippen LogP contribution in [0.5, 0.6) is 5.75 Å². The molecule has 10 nitrogen and oxygen atoms in total. The Kier molecular flexibility index (Phi) is 9.76. The Balaban J connectivity index is 1.65. The number of rotatable bonds is 10. The molecule has 216 valence electrons. The van der Waals surface area contributed by atoms with Gasteiger partial charge in [-0.2, -0.15) is 0 Å². The van der Waals surface area contributed by atoms with Gasteiger partial charge in [0, 0.05) is 30.4 Å². The molecule has 1 amide bonds. The van der Waals surface area contributed by atoms with Gasteiger partial charge < -0.3 is 29.3 Å². The zero-order valence-electron chi connectivity index (χ0n) is 24.4. The summed E-state index contributed by atoms with van der Waals surface area (Å²) < 4.78 is 16.6. The molecule has 4 rings (SSSR count). The fourth-order valence-corrected chi connectivity index (χ4v) is 5.37. The number of hydrogen-bond donors (Lipinski definition) is 2. The summed E-state index contributed by atoms with van der Waals surface area (Å²) in [5.41, 5.74) is 5.27. The first-order valence-electron chi connectivity index (χ1n) is 14.0. The van der Waals surface area contributed by atoms with Crippen molar-refractivity contribution in [3.63, 3.8) is 0 Å². The lowest BCUT2D eigenvalue weighted by atomic mass is 9.86. The molecular weight excluding hydrogens is 510 g/mol. The summed E-state index contributed by atoms with van der Waals surface area (Å²) in [5, 5.41) is 17.2. The molecule has 3 aromatic rings. The van der Waals surface area contributed by atoms with Crippen molar-refractivity contribution < 1.29 is 23.9 Å². The number of piperidine rings is 1. The second-order valence-electron chi connectivity index (χ2n) is 10.6. The quantitative estimate of drug-likeness (QED) is 0.375. The molecule has 3 atom stereocenters. The number of hydrogen-bond acceptors (Lipinski definition) is 9. The van der Waals surface area contributed by atoms with Crippen molar-refractivity contribution in [2.24, 2.45) is 5.92 Å². The van der Waals surface area contributed by atoms with Gasteiger partial charge in [-0.15, -0.1) is 0 Å². The van der Waals surface area contributed by atoms with E-state index in [1.165, 1.54) is 0 Å². The molecule has 0 bridgehead atoms. The number of ether oxygens (including phenoxy) is 2. The number of aliphatic hydroxyl groups is 1. The maximum atomic E-state index is 12.4. The third kappa shape index (κ3) is 6.79. The van der Waals surface area contributed by atoms with E-state index in [9.17, 15) is 9.90 Å². The molecule has 0 spiro atoms. The molecule has 2 aromatic heterocycles. The molecule has 3 heterocycles. The number of carbonyl (C=O) groups is 1. The van der Waals surface area contributed by atoms with Crippen LogP contribution >= 0.6 is 0 Å². The Bertz CT molecular complexity index is 1290. The number of amides is 1. The molecule has 3 unspecified atom stereocenters. The van der Waals surface area contributed by atoms with Crippen LogP contribution in [-0.2, 0) is 11.2 Å². The molecule has 1 aromatic carbocycles. The summed E-state index contributed by atoms with van der Waals surface area (Å²) >= 11 is 0. The van der Waals surface area contributed by atoms with Crippen molar-refractivity contribution in [3.05, 3.63) is 47.0 Å². The van der Waals surface area contributed by atoms with Crippen LogP contribution in [0.1, 0.15) is 49.4 Å². The maximum Gasteiger partial charge on any atom is 0.409 e. The van der Waals surface area contributed by atoms with Crippen molar-refractivity contribution in [3.8, 4) is 28.4 Å².